The molecule has 96 valence electrons. The molecule has 0 fully saturated rings. The van der Waals surface area contributed by atoms with E-state index in [-0.39, 0.29) is 18.5 Å². The molecule has 0 saturated carbocycles. The van der Waals surface area contributed by atoms with Gasteiger partial charge in [0.25, 0.3) is 0 Å². The molecule has 2 N–H and O–H groups in total. The molecule has 0 aliphatic carbocycles. The molecule has 0 radical (unpaired) electrons. The van der Waals surface area contributed by atoms with Crippen molar-refractivity contribution in [3.8, 4) is 5.75 Å². The summed E-state index contributed by atoms with van der Waals surface area (Å²) in [6.07, 6.45) is 1.43. The van der Waals surface area contributed by atoms with E-state index in [1.807, 2.05) is 6.92 Å². The molecule has 0 heterocycles. The lowest BCUT2D eigenvalue weighted by Gasteiger charge is -2.21. The van der Waals surface area contributed by atoms with E-state index in [1.165, 1.54) is 13.2 Å². The Balaban J connectivity index is 2.98. The second kappa shape index (κ2) is 7.25. The third-order valence-electron chi connectivity index (χ3n) is 2.64. The standard InChI is InChI=1S/C13H20FNO2/c1-3-8-15-11(7-9-16)13-10(14)5-4-6-12(13)17-2/h4-6,11,15-16H,3,7-9H2,1-2H3. The van der Waals surface area contributed by atoms with E-state index in [0.29, 0.717) is 17.7 Å². The first-order chi connectivity index (χ1) is 8.24. The molecule has 0 bridgehead atoms. The molecule has 1 aromatic carbocycles. The van der Waals surface area contributed by atoms with Crippen LogP contribution in [0.3, 0.4) is 0 Å². The van der Waals surface area contributed by atoms with Crippen molar-refractivity contribution >= 4 is 0 Å². The number of ether oxygens (including phenoxy) is 1. The molecule has 17 heavy (non-hydrogen) atoms. The van der Waals surface area contributed by atoms with Crippen molar-refractivity contribution in [1.29, 1.82) is 0 Å². The normalized spacial score (nSPS) is 12.5. The number of nitrogens with one attached hydrogen (secondary N) is 1. The first-order valence-corrected chi connectivity index (χ1v) is 5.91. The summed E-state index contributed by atoms with van der Waals surface area (Å²) in [4.78, 5) is 0. The monoisotopic (exact) mass is 241 g/mol. The first kappa shape index (κ1) is 13.9. The van der Waals surface area contributed by atoms with Gasteiger partial charge in [0.15, 0.2) is 0 Å². The Labute approximate surface area is 102 Å². The lowest BCUT2D eigenvalue weighted by Crippen LogP contribution is -2.24. The first-order valence-electron chi connectivity index (χ1n) is 5.91. The summed E-state index contributed by atoms with van der Waals surface area (Å²) in [5.41, 5.74) is 0.498. The zero-order chi connectivity index (χ0) is 12.7. The maximum absolute atomic E-state index is 13.8. The van der Waals surface area contributed by atoms with E-state index >= 15 is 0 Å². The number of aliphatic hydroxyl groups excluding tert-OH is 1. The molecule has 0 saturated heterocycles. The fourth-order valence-electron chi connectivity index (χ4n) is 1.83. The van der Waals surface area contributed by atoms with Crippen molar-refractivity contribution in [3.05, 3.63) is 29.6 Å². The van der Waals surface area contributed by atoms with Crippen LogP contribution in [0, 0.1) is 5.82 Å². The number of methoxy groups -OCH3 is 1. The van der Waals surface area contributed by atoms with Crippen LogP contribution >= 0.6 is 0 Å². The largest absolute Gasteiger partial charge is 0.496 e. The quantitative estimate of drug-likeness (QED) is 0.769. The van der Waals surface area contributed by atoms with Crippen LogP contribution in [0.25, 0.3) is 0 Å². The molecule has 0 spiro atoms. The van der Waals surface area contributed by atoms with Crippen LogP contribution in [0.4, 0.5) is 4.39 Å². The van der Waals surface area contributed by atoms with Crippen LogP contribution in [-0.4, -0.2) is 25.4 Å². The Morgan fingerprint density at radius 2 is 2.24 bits per heavy atom. The topological polar surface area (TPSA) is 41.5 Å². The molecule has 1 atom stereocenters. The number of hydrogen-bond acceptors (Lipinski definition) is 3. The molecular formula is C13H20FNO2. The lowest BCUT2D eigenvalue weighted by atomic mass is 10.0. The van der Waals surface area contributed by atoms with Crippen LogP contribution in [0.5, 0.6) is 5.75 Å². The van der Waals surface area contributed by atoms with Gasteiger partial charge in [0.2, 0.25) is 0 Å². The van der Waals surface area contributed by atoms with Gasteiger partial charge < -0.3 is 15.2 Å². The Morgan fingerprint density at radius 1 is 1.47 bits per heavy atom. The summed E-state index contributed by atoms with van der Waals surface area (Å²) in [5.74, 6) is 0.221. The Morgan fingerprint density at radius 3 is 2.82 bits per heavy atom. The van der Waals surface area contributed by atoms with Crippen LogP contribution in [0.2, 0.25) is 0 Å². The van der Waals surface area contributed by atoms with Crippen molar-refractivity contribution in [2.24, 2.45) is 0 Å². The molecule has 0 aromatic heterocycles. The predicted octanol–water partition coefficient (Wildman–Crippen LogP) is 2.26. The fourth-order valence-corrected chi connectivity index (χ4v) is 1.83. The van der Waals surface area contributed by atoms with Crippen LogP contribution in [-0.2, 0) is 0 Å². The molecule has 0 amide bonds. The average Bonchev–Trinajstić information content (AvgIpc) is 2.34. The Hall–Kier alpha value is -1.13. The van der Waals surface area contributed by atoms with Crippen LogP contribution in [0.15, 0.2) is 18.2 Å². The van der Waals surface area contributed by atoms with E-state index in [2.05, 4.69) is 5.32 Å². The number of aliphatic hydroxyl groups is 1. The van der Waals surface area contributed by atoms with E-state index in [1.54, 1.807) is 12.1 Å². The van der Waals surface area contributed by atoms with Crippen molar-refractivity contribution in [2.75, 3.05) is 20.3 Å². The summed E-state index contributed by atoms with van der Waals surface area (Å²) in [6.45, 7) is 2.84. The van der Waals surface area contributed by atoms with Crippen molar-refractivity contribution in [3.63, 3.8) is 0 Å². The van der Waals surface area contributed by atoms with Crippen molar-refractivity contribution in [1.82, 2.24) is 5.32 Å². The Bertz CT molecular complexity index is 344. The second-order valence-corrected chi connectivity index (χ2v) is 3.87. The highest BCUT2D eigenvalue weighted by Crippen LogP contribution is 2.29. The highest BCUT2D eigenvalue weighted by molar-refractivity contribution is 5.37. The van der Waals surface area contributed by atoms with Crippen molar-refractivity contribution in [2.45, 2.75) is 25.8 Å². The fraction of sp³-hybridized carbons (Fsp3) is 0.538. The van der Waals surface area contributed by atoms with Gasteiger partial charge in [0.1, 0.15) is 11.6 Å². The highest BCUT2D eigenvalue weighted by Gasteiger charge is 2.19. The maximum Gasteiger partial charge on any atom is 0.131 e. The van der Waals surface area contributed by atoms with Gasteiger partial charge >= 0.3 is 0 Å². The molecule has 0 aliphatic heterocycles. The predicted molar refractivity (Wildman–Crippen MR) is 65.7 cm³/mol. The molecular weight excluding hydrogens is 221 g/mol. The minimum absolute atomic E-state index is 0.0128. The van der Waals surface area contributed by atoms with E-state index < -0.39 is 0 Å². The third-order valence-corrected chi connectivity index (χ3v) is 2.64. The van der Waals surface area contributed by atoms with E-state index in [9.17, 15) is 4.39 Å². The lowest BCUT2D eigenvalue weighted by molar-refractivity contribution is 0.261. The summed E-state index contributed by atoms with van der Waals surface area (Å²) < 4.78 is 19.0. The summed E-state index contributed by atoms with van der Waals surface area (Å²) >= 11 is 0. The zero-order valence-electron chi connectivity index (χ0n) is 10.4. The molecule has 4 heteroatoms. The van der Waals surface area contributed by atoms with Gasteiger partial charge in [-0.15, -0.1) is 0 Å². The Kier molecular flexibility index (Phi) is 5.94. The summed E-state index contributed by atoms with van der Waals surface area (Å²) in [7, 11) is 1.52. The molecule has 3 nitrogen and oxygen atoms in total. The van der Waals surface area contributed by atoms with Gasteiger partial charge in [0, 0.05) is 18.2 Å². The second-order valence-electron chi connectivity index (χ2n) is 3.87. The molecule has 1 rings (SSSR count). The van der Waals surface area contributed by atoms with E-state index in [4.69, 9.17) is 9.84 Å². The number of rotatable bonds is 7. The molecule has 0 aliphatic rings. The molecule has 1 aromatic rings. The average molecular weight is 241 g/mol. The van der Waals surface area contributed by atoms with E-state index in [0.717, 1.165) is 13.0 Å². The highest BCUT2D eigenvalue weighted by atomic mass is 19.1. The zero-order valence-corrected chi connectivity index (χ0v) is 10.4. The number of benzene rings is 1. The van der Waals surface area contributed by atoms with Crippen LogP contribution in [0.1, 0.15) is 31.4 Å². The van der Waals surface area contributed by atoms with Crippen LogP contribution < -0.4 is 10.1 Å². The number of halogens is 1. The van der Waals surface area contributed by atoms with Gasteiger partial charge in [-0.2, -0.15) is 0 Å². The third kappa shape index (κ3) is 3.68. The van der Waals surface area contributed by atoms with Gasteiger partial charge in [-0.05, 0) is 31.5 Å². The number of hydrogen-bond donors (Lipinski definition) is 2. The van der Waals surface area contributed by atoms with Gasteiger partial charge in [-0.3, -0.25) is 0 Å². The maximum atomic E-state index is 13.8. The SMILES string of the molecule is CCCNC(CCO)c1c(F)cccc1OC. The van der Waals surface area contributed by atoms with Gasteiger partial charge in [0.05, 0.1) is 7.11 Å². The van der Waals surface area contributed by atoms with Gasteiger partial charge in [-0.1, -0.05) is 13.0 Å². The summed E-state index contributed by atoms with van der Waals surface area (Å²) in [5, 5.41) is 12.3. The van der Waals surface area contributed by atoms with Crippen molar-refractivity contribution < 1.29 is 14.2 Å². The summed E-state index contributed by atoms with van der Waals surface area (Å²) in [6, 6.07) is 4.55. The molecule has 1 unspecified atom stereocenters. The smallest absolute Gasteiger partial charge is 0.131 e. The minimum atomic E-state index is -0.300. The van der Waals surface area contributed by atoms with Gasteiger partial charge in [-0.25, -0.2) is 4.39 Å². The minimum Gasteiger partial charge on any atom is -0.496 e.